The van der Waals surface area contributed by atoms with Gasteiger partial charge in [0.05, 0.1) is 0 Å². The Labute approximate surface area is 75.0 Å². The fourth-order valence-electron chi connectivity index (χ4n) is 0.817. The topological polar surface area (TPSA) is 54.4 Å². The van der Waals surface area contributed by atoms with Crippen LogP contribution in [0, 0.1) is 6.92 Å². The summed E-state index contributed by atoms with van der Waals surface area (Å²) in [4.78, 5) is -0.246. The molecule has 1 aromatic carbocycles. The van der Waals surface area contributed by atoms with Crippen LogP contribution in [-0.4, -0.2) is 13.5 Å². The van der Waals surface area contributed by atoms with Gasteiger partial charge in [-0.2, -0.15) is 0 Å². The Balaban J connectivity index is 3.43. The van der Waals surface area contributed by atoms with Gasteiger partial charge in [0.15, 0.2) is 0 Å². The van der Waals surface area contributed by atoms with Crippen molar-refractivity contribution in [3.8, 4) is 5.75 Å². The number of halogens is 1. The van der Waals surface area contributed by atoms with Gasteiger partial charge in [-0.3, -0.25) is 0 Å². The van der Waals surface area contributed by atoms with Crippen LogP contribution in [-0.2, 0) is 9.05 Å². The first-order chi connectivity index (χ1) is 5.41. The highest BCUT2D eigenvalue weighted by molar-refractivity contribution is 8.13. The molecule has 0 aliphatic carbocycles. The van der Waals surface area contributed by atoms with E-state index in [1.165, 1.54) is 12.1 Å². The van der Waals surface area contributed by atoms with Crippen LogP contribution in [0.5, 0.6) is 5.75 Å². The van der Waals surface area contributed by atoms with Gasteiger partial charge in [-0.15, -0.1) is 0 Å². The van der Waals surface area contributed by atoms with Crippen molar-refractivity contribution in [1.29, 1.82) is 0 Å². The molecule has 0 aliphatic rings. The molecular weight excluding hydrogens is 200 g/mol. The Kier molecular flexibility index (Phi) is 2.30. The number of phenols is 1. The third-order valence-electron chi connectivity index (χ3n) is 1.38. The molecule has 1 aromatic rings. The second-order valence-electron chi connectivity index (χ2n) is 2.41. The van der Waals surface area contributed by atoms with E-state index in [2.05, 4.69) is 0 Å². The summed E-state index contributed by atoms with van der Waals surface area (Å²) in [5, 5.41) is 9.11. The fraction of sp³-hybridized carbons (Fsp3) is 0.143. The molecule has 0 spiro atoms. The first-order valence-corrected chi connectivity index (χ1v) is 5.46. The molecule has 0 saturated heterocycles. The minimum absolute atomic E-state index is 0.246. The van der Waals surface area contributed by atoms with Gasteiger partial charge in [0.2, 0.25) is 0 Å². The Morgan fingerprint density at radius 3 is 2.42 bits per heavy atom. The Hall–Kier alpha value is -0.740. The molecule has 0 radical (unpaired) electrons. The molecule has 5 heteroatoms. The maximum Gasteiger partial charge on any atom is 0.264 e. The van der Waals surface area contributed by atoms with Gasteiger partial charge in [0, 0.05) is 10.7 Å². The maximum atomic E-state index is 10.8. The van der Waals surface area contributed by atoms with E-state index in [1.54, 1.807) is 13.0 Å². The lowest BCUT2D eigenvalue weighted by atomic mass is 10.2. The first-order valence-electron chi connectivity index (χ1n) is 3.15. The van der Waals surface area contributed by atoms with E-state index >= 15 is 0 Å². The Bertz CT molecular complexity index is 397. The first kappa shape index (κ1) is 9.35. The SMILES string of the molecule is Cc1ccc(O)c(S(=O)(=O)Cl)c1. The third-order valence-corrected chi connectivity index (χ3v) is 2.73. The van der Waals surface area contributed by atoms with Crippen LogP contribution in [0.2, 0.25) is 0 Å². The highest BCUT2D eigenvalue weighted by Gasteiger charge is 2.14. The van der Waals surface area contributed by atoms with E-state index in [0.717, 1.165) is 5.56 Å². The van der Waals surface area contributed by atoms with Crippen LogP contribution in [0.25, 0.3) is 0 Å². The summed E-state index contributed by atoms with van der Waals surface area (Å²) in [6.07, 6.45) is 0. The highest BCUT2D eigenvalue weighted by atomic mass is 35.7. The number of aryl methyl sites for hydroxylation is 1. The average Bonchev–Trinajstić information content (AvgIpc) is 1.92. The van der Waals surface area contributed by atoms with Crippen molar-refractivity contribution in [2.45, 2.75) is 11.8 Å². The van der Waals surface area contributed by atoms with Gasteiger partial charge in [-0.1, -0.05) is 6.07 Å². The van der Waals surface area contributed by atoms with E-state index in [4.69, 9.17) is 15.8 Å². The number of hydrogen-bond donors (Lipinski definition) is 1. The smallest absolute Gasteiger partial charge is 0.264 e. The van der Waals surface area contributed by atoms with Crippen LogP contribution < -0.4 is 0 Å². The lowest BCUT2D eigenvalue weighted by molar-refractivity contribution is 0.459. The molecule has 0 aliphatic heterocycles. The second-order valence-corrected chi connectivity index (χ2v) is 4.94. The van der Waals surface area contributed by atoms with Crippen molar-refractivity contribution < 1.29 is 13.5 Å². The van der Waals surface area contributed by atoms with Crippen molar-refractivity contribution in [2.75, 3.05) is 0 Å². The zero-order valence-electron chi connectivity index (χ0n) is 6.28. The summed E-state index contributed by atoms with van der Waals surface area (Å²) in [6, 6.07) is 4.21. The molecule has 1 rings (SSSR count). The monoisotopic (exact) mass is 206 g/mol. The summed E-state index contributed by atoms with van der Waals surface area (Å²) in [5.74, 6) is -0.324. The second kappa shape index (κ2) is 2.95. The predicted octanol–water partition coefficient (Wildman–Crippen LogP) is 1.63. The standard InChI is InChI=1S/C7H7ClO3S/c1-5-2-3-6(9)7(4-5)12(8,10)11/h2-4,9H,1H3. The fourth-order valence-corrected chi connectivity index (χ4v) is 1.83. The molecule has 0 unspecified atom stereocenters. The van der Waals surface area contributed by atoms with Crippen molar-refractivity contribution in [2.24, 2.45) is 0 Å². The van der Waals surface area contributed by atoms with Crippen molar-refractivity contribution in [1.82, 2.24) is 0 Å². The van der Waals surface area contributed by atoms with Crippen molar-refractivity contribution in [3.05, 3.63) is 23.8 Å². The Morgan fingerprint density at radius 1 is 1.42 bits per heavy atom. The summed E-state index contributed by atoms with van der Waals surface area (Å²) < 4.78 is 21.6. The summed E-state index contributed by atoms with van der Waals surface area (Å²) in [6.45, 7) is 1.71. The summed E-state index contributed by atoms with van der Waals surface area (Å²) >= 11 is 0. The zero-order chi connectivity index (χ0) is 9.35. The third kappa shape index (κ3) is 1.89. The van der Waals surface area contributed by atoms with Gasteiger partial charge in [-0.05, 0) is 24.6 Å². The number of hydrogen-bond acceptors (Lipinski definition) is 3. The molecule has 66 valence electrons. The van der Waals surface area contributed by atoms with Crippen LogP contribution in [0.15, 0.2) is 23.1 Å². The molecule has 0 saturated carbocycles. The number of phenolic OH excluding ortho intramolecular Hbond substituents is 1. The summed E-state index contributed by atoms with van der Waals surface area (Å²) in [7, 11) is 1.21. The van der Waals surface area contributed by atoms with Crippen LogP contribution in [0.4, 0.5) is 0 Å². The molecule has 3 nitrogen and oxygen atoms in total. The van der Waals surface area contributed by atoms with Gasteiger partial charge < -0.3 is 5.11 Å². The van der Waals surface area contributed by atoms with Crippen LogP contribution in [0.1, 0.15) is 5.56 Å². The minimum atomic E-state index is -3.83. The van der Waals surface area contributed by atoms with Crippen molar-refractivity contribution >= 4 is 19.7 Å². The number of rotatable bonds is 1. The van der Waals surface area contributed by atoms with E-state index in [0.29, 0.717) is 0 Å². The number of aromatic hydroxyl groups is 1. The molecular formula is C7H7ClO3S. The van der Waals surface area contributed by atoms with Gasteiger partial charge in [0.1, 0.15) is 10.6 Å². The lowest BCUT2D eigenvalue weighted by Gasteiger charge is -2.00. The molecule has 0 bridgehead atoms. The zero-order valence-corrected chi connectivity index (χ0v) is 7.85. The average molecular weight is 207 g/mol. The largest absolute Gasteiger partial charge is 0.507 e. The highest BCUT2D eigenvalue weighted by Crippen LogP contribution is 2.26. The van der Waals surface area contributed by atoms with Crippen LogP contribution >= 0.6 is 10.7 Å². The maximum absolute atomic E-state index is 10.8. The Morgan fingerprint density at radius 2 is 2.00 bits per heavy atom. The molecule has 0 fully saturated rings. The molecule has 1 N–H and O–H groups in total. The van der Waals surface area contributed by atoms with E-state index in [-0.39, 0.29) is 10.6 Å². The molecule has 0 heterocycles. The van der Waals surface area contributed by atoms with Crippen LogP contribution in [0.3, 0.4) is 0 Å². The van der Waals surface area contributed by atoms with Crippen molar-refractivity contribution in [3.63, 3.8) is 0 Å². The van der Waals surface area contributed by atoms with E-state index < -0.39 is 9.05 Å². The quantitative estimate of drug-likeness (QED) is 0.711. The van der Waals surface area contributed by atoms with Gasteiger partial charge >= 0.3 is 0 Å². The molecule has 0 aromatic heterocycles. The number of benzene rings is 1. The predicted molar refractivity (Wildman–Crippen MR) is 45.9 cm³/mol. The molecule has 0 atom stereocenters. The van der Waals surface area contributed by atoms with Gasteiger partial charge in [-0.25, -0.2) is 8.42 Å². The molecule has 12 heavy (non-hydrogen) atoms. The van der Waals surface area contributed by atoms with Gasteiger partial charge in [0.25, 0.3) is 9.05 Å². The minimum Gasteiger partial charge on any atom is -0.507 e. The van der Waals surface area contributed by atoms with E-state index in [1.807, 2.05) is 0 Å². The summed E-state index contributed by atoms with van der Waals surface area (Å²) in [5.41, 5.74) is 0.729. The lowest BCUT2D eigenvalue weighted by Crippen LogP contribution is -1.91. The van der Waals surface area contributed by atoms with E-state index in [9.17, 15) is 8.42 Å². The molecule has 0 amide bonds. The normalized spacial score (nSPS) is 11.5.